The Morgan fingerprint density at radius 1 is 1.08 bits per heavy atom. The molecule has 0 aliphatic carbocycles. The number of hydrogen-bond donors (Lipinski definition) is 2. The first kappa shape index (κ1) is 15.0. The highest BCUT2D eigenvalue weighted by Crippen LogP contribution is 2.27. The highest BCUT2D eigenvalue weighted by atomic mass is 16.5. The van der Waals surface area contributed by atoms with Crippen LogP contribution in [0.4, 0.5) is 5.69 Å². The van der Waals surface area contributed by atoms with E-state index in [1.807, 2.05) is 48.5 Å². The Morgan fingerprint density at radius 2 is 1.92 bits per heavy atom. The molecule has 2 aliphatic heterocycles. The van der Waals surface area contributed by atoms with E-state index in [-0.39, 0.29) is 18.2 Å². The lowest BCUT2D eigenvalue weighted by atomic mass is 10.1. The monoisotopic (exact) mass is 324 g/mol. The number of carbonyl (C=O) groups excluding carboxylic acids is 1. The maximum absolute atomic E-state index is 12.2. The summed E-state index contributed by atoms with van der Waals surface area (Å²) in [6, 6.07) is 15.3. The van der Waals surface area contributed by atoms with E-state index in [0.717, 1.165) is 36.4 Å². The fourth-order valence-electron chi connectivity index (χ4n) is 3.10. The molecule has 1 fully saturated rings. The topological polar surface area (TPSA) is 59.6 Å². The van der Waals surface area contributed by atoms with E-state index in [1.54, 1.807) is 0 Å². The number of amides is 1. The summed E-state index contributed by atoms with van der Waals surface area (Å²) in [6.07, 6.45) is 2.15. The Morgan fingerprint density at radius 3 is 2.71 bits per heavy atom. The Labute approximate surface area is 141 Å². The van der Waals surface area contributed by atoms with Crippen LogP contribution in [0.2, 0.25) is 0 Å². The average Bonchev–Trinajstić information content (AvgIpc) is 3.14. The van der Waals surface area contributed by atoms with Crippen molar-refractivity contribution in [3.05, 3.63) is 59.7 Å². The molecule has 2 atom stereocenters. The molecule has 124 valence electrons. The van der Waals surface area contributed by atoms with Crippen LogP contribution >= 0.6 is 0 Å². The lowest BCUT2D eigenvalue weighted by Gasteiger charge is -2.28. The van der Waals surface area contributed by atoms with Crippen molar-refractivity contribution < 1.29 is 14.3 Å². The van der Waals surface area contributed by atoms with Crippen molar-refractivity contribution in [2.45, 2.75) is 25.1 Å². The fraction of sp³-hybridized carbons (Fsp3) is 0.316. The van der Waals surface area contributed by atoms with Crippen LogP contribution < -0.4 is 15.4 Å². The second-order valence-corrected chi connectivity index (χ2v) is 6.11. The van der Waals surface area contributed by atoms with Crippen molar-refractivity contribution in [1.29, 1.82) is 0 Å². The smallest absolute Gasteiger partial charge is 0.255 e. The second kappa shape index (κ2) is 6.53. The summed E-state index contributed by atoms with van der Waals surface area (Å²) in [7, 11) is 0. The van der Waals surface area contributed by atoms with Crippen molar-refractivity contribution >= 4 is 11.6 Å². The van der Waals surface area contributed by atoms with Gasteiger partial charge in [-0.05, 0) is 42.7 Å². The van der Waals surface area contributed by atoms with Gasteiger partial charge in [-0.1, -0.05) is 24.3 Å². The zero-order valence-electron chi connectivity index (χ0n) is 13.3. The molecule has 2 heterocycles. The third-order valence-corrected chi connectivity index (χ3v) is 4.42. The average molecular weight is 324 g/mol. The van der Waals surface area contributed by atoms with E-state index in [2.05, 4.69) is 10.6 Å². The maximum atomic E-state index is 12.2. The van der Waals surface area contributed by atoms with Crippen LogP contribution in [0.1, 0.15) is 34.9 Å². The van der Waals surface area contributed by atoms with E-state index in [0.29, 0.717) is 12.2 Å². The lowest BCUT2D eigenvalue weighted by molar-refractivity contribution is 0.0679. The quantitative estimate of drug-likeness (QED) is 0.907. The van der Waals surface area contributed by atoms with Crippen LogP contribution in [-0.4, -0.2) is 25.2 Å². The molecule has 4 rings (SSSR count). The molecule has 5 nitrogen and oxygen atoms in total. The largest absolute Gasteiger partial charge is 0.491 e. The van der Waals surface area contributed by atoms with Crippen LogP contribution in [0.5, 0.6) is 5.75 Å². The van der Waals surface area contributed by atoms with Gasteiger partial charge in [0.15, 0.2) is 0 Å². The highest BCUT2D eigenvalue weighted by Gasteiger charge is 2.24. The third-order valence-electron chi connectivity index (χ3n) is 4.42. The van der Waals surface area contributed by atoms with Crippen molar-refractivity contribution in [1.82, 2.24) is 5.32 Å². The van der Waals surface area contributed by atoms with Gasteiger partial charge in [-0.2, -0.15) is 0 Å². The van der Waals surface area contributed by atoms with E-state index >= 15 is 0 Å². The van der Waals surface area contributed by atoms with Gasteiger partial charge in [-0.3, -0.25) is 4.79 Å². The molecule has 0 bridgehead atoms. The van der Waals surface area contributed by atoms with Gasteiger partial charge < -0.3 is 20.1 Å². The number of hydrogen-bond acceptors (Lipinski definition) is 4. The van der Waals surface area contributed by atoms with Gasteiger partial charge in [-0.15, -0.1) is 0 Å². The molecule has 0 aromatic heterocycles. The maximum Gasteiger partial charge on any atom is 0.255 e. The molecule has 0 saturated carbocycles. The summed E-state index contributed by atoms with van der Waals surface area (Å²) < 4.78 is 11.3. The van der Waals surface area contributed by atoms with E-state index < -0.39 is 0 Å². The summed E-state index contributed by atoms with van der Waals surface area (Å²) in [5, 5.41) is 6.32. The second-order valence-electron chi connectivity index (χ2n) is 6.11. The number of rotatable bonds is 4. The number of carbonyl (C=O) groups is 1. The third kappa shape index (κ3) is 3.08. The minimum atomic E-state index is -0.236. The predicted octanol–water partition coefficient (Wildman–Crippen LogP) is 3.10. The first-order valence-electron chi connectivity index (χ1n) is 8.30. The number of ether oxygens (including phenoxy) is 2. The number of fused-ring (bicyclic) bond motifs is 1. The SMILES string of the molecule is O=C1N[C@H](c2ccc(OC[C@H]3CCCO3)cc2)Nc2ccccc21. The Bertz CT molecular complexity index is 724. The van der Waals surface area contributed by atoms with Crippen molar-refractivity contribution in [3.63, 3.8) is 0 Å². The molecule has 24 heavy (non-hydrogen) atoms. The summed E-state index contributed by atoms with van der Waals surface area (Å²) >= 11 is 0. The molecular formula is C19H20N2O3. The molecule has 0 unspecified atom stereocenters. The van der Waals surface area contributed by atoms with E-state index in [1.165, 1.54) is 0 Å². The van der Waals surface area contributed by atoms with Crippen LogP contribution in [-0.2, 0) is 4.74 Å². The van der Waals surface area contributed by atoms with Gasteiger partial charge in [0.25, 0.3) is 5.91 Å². The Kier molecular flexibility index (Phi) is 4.09. The van der Waals surface area contributed by atoms with Crippen LogP contribution in [0.25, 0.3) is 0 Å². The Hall–Kier alpha value is -2.53. The van der Waals surface area contributed by atoms with Gasteiger partial charge in [0.05, 0.1) is 11.7 Å². The zero-order chi connectivity index (χ0) is 16.4. The number of para-hydroxylation sites is 1. The van der Waals surface area contributed by atoms with Crippen molar-refractivity contribution in [2.24, 2.45) is 0 Å². The van der Waals surface area contributed by atoms with Gasteiger partial charge in [0, 0.05) is 12.3 Å². The molecule has 2 aliphatic rings. The molecule has 1 amide bonds. The molecular weight excluding hydrogens is 304 g/mol. The van der Waals surface area contributed by atoms with Crippen LogP contribution in [0, 0.1) is 0 Å². The minimum absolute atomic E-state index is 0.0620. The number of benzene rings is 2. The summed E-state index contributed by atoms with van der Waals surface area (Å²) in [5.41, 5.74) is 2.51. The Balaban J connectivity index is 1.42. The van der Waals surface area contributed by atoms with E-state index in [9.17, 15) is 4.79 Å². The van der Waals surface area contributed by atoms with Gasteiger partial charge in [-0.25, -0.2) is 0 Å². The van der Waals surface area contributed by atoms with E-state index in [4.69, 9.17) is 9.47 Å². The molecule has 0 spiro atoms. The predicted molar refractivity (Wildman–Crippen MR) is 91.2 cm³/mol. The standard InChI is InChI=1S/C19H20N2O3/c22-19-16-5-1-2-6-17(16)20-18(21-19)13-7-9-14(10-8-13)24-12-15-4-3-11-23-15/h1-2,5-10,15,18,20H,3-4,11-12H2,(H,21,22)/t15-,18-/m1/s1. The summed E-state index contributed by atoms with van der Waals surface area (Å²) in [4.78, 5) is 12.2. The first-order chi connectivity index (χ1) is 11.8. The molecule has 1 saturated heterocycles. The molecule has 2 aromatic rings. The fourth-order valence-corrected chi connectivity index (χ4v) is 3.10. The van der Waals surface area contributed by atoms with Gasteiger partial charge >= 0.3 is 0 Å². The van der Waals surface area contributed by atoms with Crippen LogP contribution in [0.3, 0.4) is 0 Å². The highest BCUT2D eigenvalue weighted by molar-refractivity contribution is 6.01. The van der Waals surface area contributed by atoms with Crippen molar-refractivity contribution in [2.75, 3.05) is 18.5 Å². The lowest BCUT2D eigenvalue weighted by Crippen LogP contribution is -2.38. The summed E-state index contributed by atoms with van der Waals surface area (Å²) in [6.45, 7) is 1.42. The van der Waals surface area contributed by atoms with Gasteiger partial charge in [0.2, 0.25) is 0 Å². The number of nitrogens with one attached hydrogen (secondary N) is 2. The molecule has 2 aromatic carbocycles. The van der Waals surface area contributed by atoms with Crippen LogP contribution in [0.15, 0.2) is 48.5 Å². The summed E-state index contributed by atoms with van der Waals surface area (Å²) in [5.74, 6) is 0.754. The zero-order valence-corrected chi connectivity index (χ0v) is 13.3. The minimum Gasteiger partial charge on any atom is -0.491 e. The molecule has 5 heteroatoms. The molecule has 0 radical (unpaired) electrons. The first-order valence-corrected chi connectivity index (χ1v) is 8.30. The molecule has 2 N–H and O–H groups in total. The normalized spacial score (nSPS) is 22.4. The van der Waals surface area contributed by atoms with Gasteiger partial charge in [0.1, 0.15) is 18.5 Å². The van der Waals surface area contributed by atoms with Crippen molar-refractivity contribution in [3.8, 4) is 5.75 Å². The number of anilines is 1.